The lowest BCUT2D eigenvalue weighted by molar-refractivity contribution is 0.0650. The molecule has 4 heteroatoms. The standard InChI is InChI=1S/C20H20ClNO2/c1-14-3-2-4-17(13-14)20(24)22-11-9-16(10-12-22)19(23)15-5-7-18(21)8-6-15/h2-8,13,16H,9-12H2,1H3. The molecule has 2 aromatic rings. The number of hydrogen-bond donors (Lipinski definition) is 0. The molecule has 2 aromatic carbocycles. The summed E-state index contributed by atoms with van der Waals surface area (Å²) in [6.07, 6.45) is 1.41. The molecule has 0 N–H and O–H groups in total. The number of ketones is 1. The van der Waals surface area contributed by atoms with Gasteiger partial charge in [-0.2, -0.15) is 0 Å². The number of benzene rings is 2. The first-order chi connectivity index (χ1) is 11.5. The van der Waals surface area contributed by atoms with Crippen molar-refractivity contribution in [3.05, 3.63) is 70.2 Å². The van der Waals surface area contributed by atoms with Gasteiger partial charge in [0, 0.05) is 35.2 Å². The second-order valence-corrected chi connectivity index (χ2v) is 6.74. The molecule has 0 spiro atoms. The van der Waals surface area contributed by atoms with Crippen LogP contribution in [0.15, 0.2) is 48.5 Å². The Balaban J connectivity index is 1.62. The second-order valence-electron chi connectivity index (χ2n) is 6.31. The molecule has 0 aromatic heterocycles. The topological polar surface area (TPSA) is 37.4 Å². The van der Waals surface area contributed by atoms with Gasteiger partial charge < -0.3 is 4.90 Å². The third-order valence-electron chi connectivity index (χ3n) is 4.55. The Kier molecular flexibility index (Phi) is 5.00. The Labute approximate surface area is 147 Å². The molecule has 3 nitrogen and oxygen atoms in total. The van der Waals surface area contributed by atoms with E-state index in [1.165, 1.54) is 0 Å². The van der Waals surface area contributed by atoms with Crippen LogP contribution in [0.5, 0.6) is 0 Å². The van der Waals surface area contributed by atoms with E-state index in [-0.39, 0.29) is 17.6 Å². The zero-order valence-corrected chi connectivity index (χ0v) is 14.4. The van der Waals surface area contributed by atoms with Gasteiger partial charge in [-0.15, -0.1) is 0 Å². The smallest absolute Gasteiger partial charge is 0.253 e. The Morgan fingerprint density at radius 3 is 2.29 bits per heavy atom. The maximum Gasteiger partial charge on any atom is 0.253 e. The summed E-state index contributed by atoms with van der Waals surface area (Å²) in [5, 5.41) is 0.630. The molecule has 0 aliphatic carbocycles. The molecule has 1 fully saturated rings. The Morgan fingerprint density at radius 2 is 1.67 bits per heavy atom. The second kappa shape index (κ2) is 7.18. The van der Waals surface area contributed by atoms with Crippen LogP contribution in [-0.4, -0.2) is 29.7 Å². The number of piperidine rings is 1. The van der Waals surface area contributed by atoms with E-state index in [0.717, 1.165) is 11.1 Å². The fraction of sp³-hybridized carbons (Fsp3) is 0.300. The third kappa shape index (κ3) is 3.68. The van der Waals surface area contributed by atoms with Crippen molar-refractivity contribution in [3.8, 4) is 0 Å². The quantitative estimate of drug-likeness (QED) is 0.777. The summed E-state index contributed by atoms with van der Waals surface area (Å²) in [4.78, 5) is 27.0. The zero-order valence-electron chi connectivity index (χ0n) is 13.7. The van der Waals surface area contributed by atoms with E-state index in [0.29, 0.717) is 36.5 Å². The number of likely N-dealkylation sites (tertiary alicyclic amines) is 1. The fourth-order valence-electron chi connectivity index (χ4n) is 3.16. The van der Waals surface area contributed by atoms with Gasteiger partial charge in [0.1, 0.15) is 0 Å². The van der Waals surface area contributed by atoms with Crippen LogP contribution >= 0.6 is 11.6 Å². The molecule has 1 heterocycles. The normalized spacial score (nSPS) is 15.3. The number of hydrogen-bond acceptors (Lipinski definition) is 2. The van der Waals surface area contributed by atoms with Gasteiger partial charge in [-0.25, -0.2) is 0 Å². The van der Waals surface area contributed by atoms with E-state index < -0.39 is 0 Å². The lowest BCUT2D eigenvalue weighted by Crippen LogP contribution is -2.40. The highest BCUT2D eigenvalue weighted by Gasteiger charge is 2.28. The lowest BCUT2D eigenvalue weighted by Gasteiger charge is -2.31. The number of amides is 1. The van der Waals surface area contributed by atoms with Crippen LogP contribution < -0.4 is 0 Å². The lowest BCUT2D eigenvalue weighted by atomic mass is 9.88. The van der Waals surface area contributed by atoms with E-state index in [4.69, 9.17) is 11.6 Å². The van der Waals surface area contributed by atoms with Crippen LogP contribution in [0.4, 0.5) is 0 Å². The van der Waals surface area contributed by atoms with Crippen molar-refractivity contribution in [2.24, 2.45) is 5.92 Å². The van der Waals surface area contributed by atoms with Gasteiger partial charge in [-0.05, 0) is 56.2 Å². The molecule has 124 valence electrons. The van der Waals surface area contributed by atoms with Crippen LogP contribution in [0.2, 0.25) is 5.02 Å². The number of halogens is 1. The minimum Gasteiger partial charge on any atom is -0.339 e. The van der Waals surface area contributed by atoms with Crippen molar-refractivity contribution in [2.45, 2.75) is 19.8 Å². The summed E-state index contributed by atoms with van der Waals surface area (Å²) in [6.45, 7) is 3.22. The van der Waals surface area contributed by atoms with Crippen molar-refractivity contribution in [1.82, 2.24) is 4.90 Å². The fourth-order valence-corrected chi connectivity index (χ4v) is 3.28. The average molecular weight is 342 g/mol. The number of rotatable bonds is 3. The van der Waals surface area contributed by atoms with Gasteiger partial charge >= 0.3 is 0 Å². The van der Waals surface area contributed by atoms with E-state index in [9.17, 15) is 9.59 Å². The highest BCUT2D eigenvalue weighted by molar-refractivity contribution is 6.30. The van der Waals surface area contributed by atoms with Gasteiger partial charge in [-0.3, -0.25) is 9.59 Å². The Hall–Kier alpha value is -2.13. The van der Waals surface area contributed by atoms with Gasteiger partial charge in [0.15, 0.2) is 5.78 Å². The molecule has 1 amide bonds. The number of Topliss-reactive ketones (excluding diaryl/α,β-unsaturated/α-hetero) is 1. The van der Waals surface area contributed by atoms with Crippen molar-refractivity contribution in [1.29, 1.82) is 0 Å². The molecule has 24 heavy (non-hydrogen) atoms. The van der Waals surface area contributed by atoms with Crippen molar-refractivity contribution in [2.75, 3.05) is 13.1 Å². The Morgan fingerprint density at radius 1 is 1.00 bits per heavy atom. The van der Waals surface area contributed by atoms with E-state index >= 15 is 0 Å². The van der Waals surface area contributed by atoms with E-state index in [2.05, 4.69) is 0 Å². The van der Waals surface area contributed by atoms with Gasteiger partial charge in [-0.1, -0.05) is 29.3 Å². The highest BCUT2D eigenvalue weighted by Crippen LogP contribution is 2.24. The van der Waals surface area contributed by atoms with E-state index in [1.54, 1.807) is 24.3 Å². The monoisotopic (exact) mass is 341 g/mol. The Bertz CT molecular complexity index is 746. The molecule has 1 aliphatic heterocycles. The minimum atomic E-state index is -0.0206. The predicted octanol–water partition coefficient (Wildman–Crippen LogP) is 4.38. The summed E-state index contributed by atoms with van der Waals surface area (Å²) in [6, 6.07) is 14.7. The van der Waals surface area contributed by atoms with Gasteiger partial charge in [0.05, 0.1) is 0 Å². The molecule has 0 radical (unpaired) electrons. The van der Waals surface area contributed by atoms with Crippen LogP contribution in [0, 0.1) is 12.8 Å². The molecule has 3 rings (SSSR count). The molecule has 0 atom stereocenters. The van der Waals surface area contributed by atoms with Crippen LogP contribution in [0.1, 0.15) is 39.1 Å². The molecular weight excluding hydrogens is 322 g/mol. The zero-order chi connectivity index (χ0) is 17.1. The van der Waals surface area contributed by atoms with Gasteiger partial charge in [0.25, 0.3) is 5.91 Å². The van der Waals surface area contributed by atoms with Crippen LogP contribution in [0.3, 0.4) is 0 Å². The summed E-state index contributed by atoms with van der Waals surface area (Å²) < 4.78 is 0. The van der Waals surface area contributed by atoms with E-state index in [1.807, 2.05) is 36.1 Å². The number of aryl methyl sites for hydroxylation is 1. The van der Waals surface area contributed by atoms with Gasteiger partial charge in [0.2, 0.25) is 0 Å². The van der Waals surface area contributed by atoms with Crippen LogP contribution in [-0.2, 0) is 0 Å². The number of carbonyl (C=O) groups excluding carboxylic acids is 2. The first-order valence-corrected chi connectivity index (χ1v) is 8.58. The minimum absolute atomic E-state index is 0.0206. The maximum atomic E-state index is 12.6. The molecule has 0 unspecified atom stereocenters. The molecule has 0 bridgehead atoms. The summed E-state index contributed by atoms with van der Waals surface area (Å²) in [7, 11) is 0. The molecule has 1 aliphatic rings. The number of carbonyl (C=O) groups is 2. The number of nitrogens with zero attached hydrogens (tertiary/aromatic N) is 1. The molecule has 0 saturated carbocycles. The third-order valence-corrected chi connectivity index (χ3v) is 4.80. The first kappa shape index (κ1) is 16.7. The molecular formula is C20H20ClNO2. The van der Waals surface area contributed by atoms with Crippen molar-refractivity contribution >= 4 is 23.3 Å². The first-order valence-electron chi connectivity index (χ1n) is 8.20. The summed E-state index contributed by atoms with van der Waals surface area (Å²) in [5.41, 5.74) is 2.49. The van der Waals surface area contributed by atoms with Crippen molar-refractivity contribution in [3.63, 3.8) is 0 Å². The van der Waals surface area contributed by atoms with Crippen molar-refractivity contribution < 1.29 is 9.59 Å². The largest absolute Gasteiger partial charge is 0.339 e. The summed E-state index contributed by atoms with van der Waals surface area (Å²) in [5.74, 6) is 0.179. The highest BCUT2D eigenvalue weighted by atomic mass is 35.5. The summed E-state index contributed by atoms with van der Waals surface area (Å²) >= 11 is 5.87. The predicted molar refractivity (Wildman–Crippen MR) is 95.6 cm³/mol. The SMILES string of the molecule is Cc1cccc(C(=O)N2CCC(C(=O)c3ccc(Cl)cc3)CC2)c1. The maximum absolute atomic E-state index is 12.6. The molecule has 1 saturated heterocycles. The average Bonchev–Trinajstić information content (AvgIpc) is 2.61. The van der Waals surface area contributed by atoms with Crippen LogP contribution in [0.25, 0.3) is 0 Å².